The Morgan fingerprint density at radius 1 is 1.25 bits per heavy atom. The molecule has 2 bridgehead atoms. The minimum atomic E-state index is -0.491. The number of amides is 2. The lowest BCUT2D eigenvalue weighted by Gasteiger charge is -2.51. The summed E-state index contributed by atoms with van der Waals surface area (Å²) in [6.45, 7) is 5.84. The number of fused-ring (bicyclic) bond motifs is 4. The smallest absolute Gasteiger partial charge is 0.315 e. The van der Waals surface area contributed by atoms with Crippen molar-refractivity contribution in [3.05, 3.63) is 84.6 Å². The number of carbonyl (C=O) groups excluding carboxylic acids is 1. The fraction of sp³-hybridized carbons (Fsp3) is 0.379. The van der Waals surface area contributed by atoms with Crippen LogP contribution in [0.2, 0.25) is 0 Å². The van der Waals surface area contributed by atoms with E-state index in [0.29, 0.717) is 11.8 Å². The lowest BCUT2D eigenvalue weighted by Crippen LogP contribution is -2.58. The summed E-state index contributed by atoms with van der Waals surface area (Å²) in [6, 6.07) is 16.5. The zero-order valence-electron chi connectivity index (χ0n) is 20.6. The largest absolute Gasteiger partial charge is 0.497 e. The fourth-order valence-electron chi connectivity index (χ4n) is 5.91. The maximum absolute atomic E-state index is 13.4. The van der Waals surface area contributed by atoms with Gasteiger partial charge in [0.15, 0.2) is 0 Å². The molecule has 3 N–H and O–H groups in total. The Morgan fingerprint density at radius 3 is 2.78 bits per heavy atom. The number of piperidine rings is 3. The van der Waals surface area contributed by atoms with Gasteiger partial charge in [-0.15, -0.1) is 6.58 Å². The number of benzene rings is 2. The van der Waals surface area contributed by atoms with Crippen LogP contribution in [0.1, 0.15) is 36.1 Å². The van der Waals surface area contributed by atoms with Gasteiger partial charge in [0.2, 0.25) is 0 Å². The highest BCUT2D eigenvalue weighted by Gasteiger charge is 2.43. The van der Waals surface area contributed by atoms with Gasteiger partial charge in [-0.25, -0.2) is 4.79 Å². The van der Waals surface area contributed by atoms with Crippen molar-refractivity contribution in [3.8, 4) is 5.75 Å². The highest BCUT2D eigenvalue weighted by Crippen LogP contribution is 2.42. The SMILES string of the molecule is C=CC1CN2CCC1CC2[C@@H](NC(=O)N[C@@H](CO)c1ccccc1)c1ccnc2ccc(OC)cc12. The molecular weight excluding hydrogens is 452 g/mol. The lowest BCUT2D eigenvalue weighted by molar-refractivity contribution is 0.00303. The molecule has 3 aliphatic heterocycles. The van der Waals surface area contributed by atoms with Gasteiger partial charge in [-0.3, -0.25) is 9.88 Å². The van der Waals surface area contributed by atoms with Crippen molar-refractivity contribution in [2.75, 3.05) is 26.8 Å². The molecule has 0 spiro atoms. The predicted octanol–water partition coefficient (Wildman–Crippen LogP) is 4.21. The molecule has 0 saturated carbocycles. The van der Waals surface area contributed by atoms with E-state index in [1.54, 1.807) is 13.3 Å². The number of aromatic nitrogens is 1. The second-order valence-corrected chi connectivity index (χ2v) is 9.77. The quantitative estimate of drug-likeness (QED) is 0.415. The zero-order valence-corrected chi connectivity index (χ0v) is 20.6. The number of nitrogens with zero attached hydrogens (tertiary/aromatic N) is 2. The fourth-order valence-corrected chi connectivity index (χ4v) is 5.91. The van der Waals surface area contributed by atoms with Crippen molar-refractivity contribution in [2.24, 2.45) is 11.8 Å². The summed E-state index contributed by atoms with van der Waals surface area (Å²) < 4.78 is 5.50. The third-order valence-corrected chi connectivity index (χ3v) is 7.83. The number of hydrogen-bond acceptors (Lipinski definition) is 5. The highest BCUT2D eigenvalue weighted by atomic mass is 16.5. The first-order chi connectivity index (χ1) is 17.6. The Bertz CT molecular complexity index is 1220. The molecule has 3 saturated heterocycles. The molecule has 188 valence electrons. The maximum Gasteiger partial charge on any atom is 0.315 e. The molecule has 4 heterocycles. The Labute approximate surface area is 212 Å². The standard InChI is InChI=1S/C29H34N4O3/c1-3-19-17-33-14-12-21(19)15-27(33)28(23-11-13-30-25-10-9-22(36-2)16-24(23)25)32-29(35)31-26(18-34)20-7-5-4-6-8-20/h3-11,13,16,19,21,26-28,34H,1,12,14-15,17-18H2,2H3,(H2,31,32,35)/t19?,21?,26-,27?,28-/m0/s1. The molecule has 7 nitrogen and oxygen atoms in total. The Balaban J connectivity index is 1.48. The normalized spacial score (nSPS) is 24.6. The summed E-state index contributed by atoms with van der Waals surface area (Å²) in [7, 11) is 1.65. The summed E-state index contributed by atoms with van der Waals surface area (Å²) in [6.07, 6.45) is 6.02. The predicted molar refractivity (Wildman–Crippen MR) is 141 cm³/mol. The Hall–Kier alpha value is -3.42. The van der Waals surface area contributed by atoms with Crippen LogP contribution in [0.15, 0.2) is 73.4 Å². The van der Waals surface area contributed by atoms with Crippen molar-refractivity contribution in [2.45, 2.75) is 31.0 Å². The van der Waals surface area contributed by atoms with E-state index in [1.165, 1.54) is 0 Å². The van der Waals surface area contributed by atoms with E-state index in [4.69, 9.17) is 4.74 Å². The summed E-state index contributed by atoms with van der Waals surface area (Å²) in [4.78, 5) is 20.4. The summed E-state index contributed by atoms with van der Waals surface area (Å²) in [5.74, 6) is 1.79. The zero-order chi connectivity index (χ0) is 25.1. The first kappa shape index (κ1) is 24.3. The van der Waals surface area contributed by atoms with Crippen LogP contribution in [0.5, 0.6) is 5.75 Å². The van der Waals surface area contributed by atoms with Gasteiger partial charge in [-0.2, -0.15) is 0 Å². The van der Waals surface area contributed by atoms with E-state index in [9.17, 15) is 9.90 Å². The number of ether oxygens (including phenoxy) is 1. The van der Waals surface area contributed by atoms with E-state index in [1.807, 2.05) is 54.6 Å². The number of nitrogens with one attached hydrogen (secondary N) is 2. The second-order valence-electron chi connectivity index (χ2n) is 9.77. The van der Waals surface area contributed by atoms with Crippen LogP contribution in [0.3, 0.4) is 0 Å². The highest BCUT2D eigenvalue weighted by molar-refractivity contribution is 5.85. The number of pyridine rings is 1. The van der Waals surface area contributed by atoms with Gasteiger partial charge in [0.05, 0.1) is 31.3 Å². The number of aliphatic hydroxyl groups is 1. The van der Waals surface area contributed by atoms with Crippen LogP contribution in [0.25, 0.3) is 10.9 Å². The van der Waals surface area contributed by atoms with Gasteiger partial charge in [0.25, 0.3) is 0 Å². The molecule has 4 unspecified atom stereocenters. The van der Waals surface area contributed by atoms with Crippen LogP contribution >= 0.6 is 0 Å². The topological polar surface area (TPSA) is 86.7 Å². The number of hydrogen-bond donors (Lipinski definition) is 3. The maximum atomic E-state index is 13.4. The average Bonchev–Trinajstić information content (AvgIpc) is 2.94. The van der Waals surface area contributed by atoms with Crippen LogP contribution in [0.4, 0.5) is 4.79 Å². The molecule has 2 aromatic carbocycles. The van der Waals surface area contributed by atoms with Gasteiger partial charge in [-0.1, -0.05) is 36.4 Å². The number of carbonyl (C=O) groups is 1. The van der Waals surface area contributed by atoms with Crippen molar-refractivity contribution in [1.29, 1.82) is 0 Å². The first-order valence-corrected chi connectivity index (χ1v) is 12.6. The third kappa shape index (κ3) is 4.81. The molecule has 3 aliphatic rings. The number of aliphatic hydroxyl groups excluding tert-OH is 1. The molecule has 6 atom stereocenters. The summed E-state index contributed by atoms with van der Waals surface area (Å²) in [5, 5.41) is 17.2. The van der Waals surface area contributed by atoms with Crippen LogP contribution in [0, 0.1) is 11.8 Å². The number of methoxy groups -OCH3 is 1. The van der Waals surface area contributed by atoms with Crippen LogP contribution < -0.4 is 15.4 Å². The molecule has 6 rings (SSSR count). The first-order valence-electron chi connectivity index (χ1n) is 12.6. The second kappa shape index (κ2) is 10.7. The van der Waals surface area contributed by atoms with E-state index < -0.39 is 6.04 Å². The molecule has 3 fully saturated rings. The van der Waals surface area contributed by atoms with Gasteiger partial charge in [-0.05, 0) is 66.6 Å². The van der Waals surface area contributed by atoms with Crippen molar-refractivity contribution in [1.82, 2.24) is 20.5 Å². The third-order valence-electron chi connectivity index (χ3n) is 7.83. The Kier molecular flexibility index (Phi) is 7.20. The monoisotopic (exact) mass is 486 g/mol. The molecule has 0 radical (unpaired) electrons. The molecule has 1 aromatic heterocycles. The Morgan fingerprint density at radius 2 is 2.08 bits per heavy atom. The van der Waals surface area contributed by atoms with E-state index in [2.05, 4.69) is 33.2 Å². The van der Waals surface area contributed by atoms with Gasteiger partial charge in [0.1, 0.15) is 5.75 Å². The minimum absolute atomic E-state index is 0.145. The van der Waals surface area contributed by atoms with E-state index in [0.717, 1.165) is 53.7 Å². The molecule has 2 amide bonds. The molecule has 0 aliphatic carbocycles. The van der Waals surface area contributed by atoms with Crippen LogP contribution in [-0.4, -0.2) is 53.9 Å². The lowest BCUT2D eigenvalue weighted by atomic mass is 9.73. The number of urea groups is 1. The average molecular weight is 487 g/mol. The van der Waals surface area contributed by atoms with E-state index in [-0.39, 0.29) is 24.7 Å². The molecule has 36 heavy (non-hydrogen) atoms. The molecular formula is C29H34N4O3. The molecule has 3 aromatic rings. The van der Waals surface area contributed by atoms with Crippen molar-refractivity contribution in [3.63, 3.8) is 0 Å². The minimum Gasteiger partial charge on any atom is -0.497 e. The van der Waals surface area contributed by atoms with Crippen molar-refractivity contribution < 1.29 is 14.6 Å². The van der Waals surface area contributed by atoms with Crippen LogP contribution in [-0.2, 0) is 0 Å². The number of rotatable bonds is 8. The summed E-state index contributed by atoms with van der Waals surface area (Å²) >= 11 is 0. The van der Waals surface area contributed by atoms with Gasteiger partial charge < -0.3 is 20.5 Å². The molecule has 7 heteroatoms. The van der Waals surface area contributed by atoms with Gasteiger partial charge in [0, 0.05) is 24.2 Å². The summed E-state index contributed by atoms with van der Waals surface area (Å²) in [5.41, 5.74) is 2.74. The van der Waals surface area contributed by atoms with E-state index >= 15 is 0 Å². The van der Waals surface area contributed by atoms with Crippen molar-refractivity contribution >= 4 is 16.9 Å². The van der Waals surface area contributed by atoms with Gasteiger partial charge >= 0.3 is 6.03 Å².